The van der Waals surface area contributed by atoms with E-state index in [9.17, 15) is 14.7 Å². The summed E-state index contributed by atoms with van der Waals surface area (Å²) in [7, 11) is 1.83. The Hall–Kier alpha value is -1.89. The number of likely N-dealkylation sites (tertiary alicyclic amines) is 1. The van der Waals surface area contributed by atoms with Crippen molar-refractivity contribution in [3.63, 3.8) is 0 Å². The summed E-state index contributed by atoms with van der Waals surface area (Å²) >= 11 is 0. The topological polar surface area (TPSA) is 87.5 Å². The molecular formula is C13H20N4O3. The lowest BCUT2D eigenvalue weighted by molar-refractivity contribution is -0.133. The first-order valence-corrected chi connectivity index (χ1v) is 6.67. The zero-order valence-electron chi connectivity index (χ0n) is 11.7. The molecule has 0 saturated carbocycles. The van der Waals surface area contributed by atoms with Gasteiger partial charge in [0.25, 0.3) is 0 Å². The molecule has 2 N–H and O–H groups in total. The molecule has 7 heteroatoms. The summed E-state index contributed by atoms with van der Waals surface area (Å²) in [5.41, 5.74) is 0.982. The fourth-order valence-corrected chi connectivity index (χ4v) is 2.51. The number of carbonyl (C=O) groups excluding carboxylic acids is 2. The van der Waals surface area contributed by atoms with E-state index in [1.807, 2.05) is 13.2 Å². The third-order valence-corrected chi connectivity index (χ3v) is 3.52. The van der Waals surface area contributed by atoms with E-state index in [1.165, 1.54) is 6.92 Å². The average molecular weight is 280 g/mol. The van der Waals surface area contributed by atoms with Crippen molar-refractivity contribution in [3.8, 4) is 0 Å². The molecule has 1 saturated heterocycles. The number of nitrogens with zero attached hydrogens (tertiary/aromatic N) is 3. The summed E-state index contributed by atoms with van der Waals surface area (Å²) in [6.45, 7) is 1.87. The normalized spacial score (nSPS) is 22.1. The minimum absolute atomic E-state index is 0.0222. The lowest BCUT2D eigenvalue weighted by atomic mass is 10.0. The highest BCUT2D eigenvalue weighted by Gasteiger charge is 2.35. The number of aliphatic hydroxyl groups excluding tert-OH is 1. The van der Waals surface area contributed by atoms with E-state index in [-0.39, 0.29) is 24.4 Å². The predicted octanol–water partition coefficient (Wildman–Crippen LogP) is -0.939. The number of hydrogen-bond acceptors (Lipinski definition) is 4. The summed E-state index contributed by atoms with van der Waals surface area (Å²) in [6.07, 6.45) is 4.22. The van der Waals surface area contributed by atoms with E-state index in [2.05, 4.69) is 10.4 Å². The molecule has 0 spiro atoms. The van der Waals surface area contributed by atoms with Gasteiger partial charge in [-0.1, -0.05) is 0 Å². The van der Waals surface area contributed by atoms with Gasteiger partial charge in [-0.25, -0.2) is 0 Å². The van der Waals surface area contributed by atoms with Crippen LogP contribution in [0, 0.1) is 0 Å². The van der Waals surface area contributed by atoms with Crippen molar-refractivity contribution in [2.75, 3.05) is 13.1 Å². The number of aryl methyl sites for hydroxylation is 1. The molecule has 2 rings (SSSR count). The molecule has 2 atom stereocenters. The van der Waals surface area contributed by atoms with E-state index in [0.29, 0.717) is 19.4 Å². The molecule has 1 aromatic rings. The van der Waals surface area contributed by atoms with Gasteiger partial charge >= 0.3 is 0 Å². The van der Waals surface area contributed by atoms with Crippen LogP contribution < -0.4 is 5.32 Å². The molecule has 0 unspecified atom stereocenters. The molecule has 1 fully saturated rings. The number of carbonyl (C=O) groups is 2. The van der Waals surface area contributed by atoms with Crippen LogP contribution in [0.25, 0.3) is 0 Å². The van der Waals surface area contributed by atoms with Crippen LogP contribution in [0.4, 0.5) is 0 Å². The van der Waals surface area contributed by atoms with Crippen molar-refractivity contribution in [3.05, 3.63) is 18.0 Å². The van der Waals surface area contributed by atoms with Crippen LogP contribution in [0.5, 0.6) is 0 Å². The standard InChI is InChI=1S/C13H20N4O3/c1-9(18)14-7-13(20)17-4-3-12(19)11(17)5-10-6-15-16(2)8-10/h6,8,11-12,19H,3-5,7H2,1-2H3,(H,14,18)/t11-,12-/m0/s1. The van der Waals surface area contributed by atoms with Crippen molar-refractivity contribution in [2.24, 2.45) is 7.05 Å². The minimum Gasteiger partial charge on any atom is -0.391 e. The Labute approximate surface area is 117 Å². The van der Waals surface area contributed by atoms with Gasteiger partial charge in [0.05, 0.1) is 24.9 Å². The molecule has 1 aliphatic rings. The van der Waals surface area contributed by atoms with Crippen LogP contribution in [0.1, 0.15) is 18.9 Å². The van der Waals surface area contributed by atoms with Crippen LogP contribution in [0.2, 0.25) is 0 Å². The number of rotatable bonds is 4. The van der Waals surface area contributed by atoms with Gasteiger partial charge in [-0.2, -0.15) is 5.10 Å². The third-order valence-electron chi connectivity index (χ3n) is 3.52. The Morgan fingerprint density at radius 2 is 2.30 bits per heavy atom. The predicted molar refractivity (Wildman–Crippen MR) is 71.7 cm³/mol. The zero-order chi connectivity index (χ0) is 14.7. The molecule has 0 bridgehead atoms. The van der Waals surface area contributed by atoms with Gasteiger partial charge in [0.15, 0.2) is 0 Å². The van der Waals surface area contributed by atoms with E-state index in [4.69, 9.17) is 0 Å². The van der Waals surface area contributed by atoms with Crippen LogP contribution in [-0.4, -0.2) is 56.8 Å². The van der Waals surface area contributed by atoms with Crippen molar-refractivity contribution in [2.45, 2.75) is 31.9 Å². The molecule has 0 aliphatic carbocycles. The molecule has 0 aromatic carbocycles. The molecular weight excluding hydrogens is 260 g/mol. The first kappa shape index (κ1) is 14.5. The summed E-state index contributed by atoms with van der Waals surface area (Å²) in [4.78, 5) is 24.6. The summed E-state index contributed by atoms with van der Waals surface area (Å²) in [5, 5.41) is 16.6. The second-order valence-corrected chi connectivity index (χ2v) is 5.15. The summed E-state index contributed by atoms with van der Waals surface area (Å²) < 4.78 is 1.69. The van der Waals surface area contributed by atoms with Crippen molar-refractivity contribution >= 4 is 11.8 Å². The zero-order valence-corrected chi connectivity index (χ0v) is 11.7. The Bertz CT molecular complexity index is 500. The fourth-order valence-electron chi connectivity index (χ4n) is 2.51. The maximum Gasteiger partial charge on any atom is 0.242 e. The first-order chi connectivity index (χ1) is 9.47. The summed E-state index contributed by atoms with van der Waals surface area (Å²) in [6, 6.07) is -0.250. The number of aliphatic hydroxyl groups is 1. The first-order valence-electron chi connectivity index (χ1n) is 6.67. The van der Waals surface area contributed by atoms with Crippen molar-refractivity contribution in [1.82, 2.24) is 20.0 Å². The number of hydrogen-bond donors (Lipinski definition) is 2. The van der Waals surface area contributed by atoms with Crippen LogP contribution in [0.3, 0.4) is 0 Å². The summed E-state index contributed by atoms with van der Waals surface area (Å²) in [5.74, 6) is -0.396. The molecule has 1 aliphatic heterocycles. The quantitative estimate of drug-likeness (QED) is 0.745. The van der Waals surface area contributed by atoms with Crippen molar-refractivity contribution < 1.29 is 14.7 Å². The lowest BCUT2D eigenvalue weighted by Crippen LogP contribution is -2.45. The van der Waals surface area contributed by atoms with Crippen LogP contribution >= 0.6 is 0 Å². The van der Waals surface area contributed by atoms with E-state index in [1.54, 1.807) is 15.8 Å². The van der Waals surface area contributed by atoms with Crippen molar-refractivity contribution in [1.29, 1.82) is 0 Å². The Kier molecular flexibility index (Phi) is 4.39. The molecule has 0 radical (unpaired) electrons. The van der Waals surface area contributed by atoms with Gasteiger partial charge < -0.3 is 15.3 Å². The second kappa shape index (κ2) is 6.04. The molecule has 2 amide bonds. The Balaban J connectivity index is 2.00. The van der Waals surface area contributed by atoms with Crippen LogP contribution in [0.15, 0.2) is 12.4 Å². The molecule has 7 nitrogen and oxygen atoms in total. The largest absolute Gasteiger partial charge is 0.391 e. The average Bonchev–Trinajstić information content (AvgIpc) is 2.95. The van der Waals surface area contributed by atoms with Gasteiger partial charge in [-0.3, -0.25) is 14.3 Å². The molecule has 20 heavy (non-hydrogen) atoms. The highest BCUT2D eigenvalue weighted by molar-refractivity contribution is 5.84. The highest BCUT2D eigenvalue weighted by atomic mass is 16.3. The third kappa shape index (κ3) is 3.36. The Morgan fingerprint density at radius 3 is 2.90 bits per heavy atom. The monoisotopic (exact) mass is 280 g/mol. The molecule has 1 aromatic heterocycles. The van der Waals surface area contributed by atoms with Gasteiger partial charge in [0, 0.05) is 26.7 Å². The number of aromatic nitrogens is 2. The lowest BCUT2D eigenvalue weighted by Gasteiger charge is -2.26. The molecule has 110 valence electrons. The second-order valence-electron chi connectivity index (χ2n) is 5.15. The van der Waals surface area contributed by atoms with Crippen LogP contribution in [-0.2, 0) is 23.1 Å². The number of nitrogens with one attached hydrogen (secondary N) is 1. The Morgan fingerprint density at radius 1 is 1.55 bits per heavy atom. The maximum absolute atomic E-state index is 12.1. The van der Waals surface area contributed by atoms with E-state index < -0.39 is 6.10 Å². The minimum atomic E-state index is -0.531. The van der Waals surface area contributed by atoms with E-state index in [0.717, 1.165) is 5.56 Å². The van der Waals surface area contributed by atoms with E-state index >= 15 is 0 Å². The van der Waals surface area contributed by atoms with Gasteiger partial charge in [0.1, 0.15) is 0 Å². The van der Waals surface area contributed by atoms with Gasteiger partial charge in [0.2, 0.25) is 11.8 Å². The SMILES string of the molecule is CC(=O)NCC(=O)N1CC[C@H](O)[C@@H]1Cc1cnn(C)c1. The number of amides is 2. The molecule has 2 heterocycles. The van der Waals surface area contributed by atoms with Gasteiger partial charge in [-0.05, 0) is 18.4 Å². The maximum atomic E-state index is 12.1. The highest BCUT2D eigenvalue weighted by Crippen LogP contribution is 2.21. The smallest absolute Gasteiger partial charge is 0.242 e. The van der Waals surface area contributed by atoms with Gasteiger partial charge in [-0.15, -0.1) is 0 Å². The fraction of sp³-hybridized carbons (Fsp3) is 0.615.